The third-order valence-electron chi connectivity index (χ3n) is 2.82. The number of halogens is 1. The summed E-state index contributed by atoms with van der Waals surface area (Å²) in [6, 6.07) is 11.6. The number of aromatic nitrogens is 1. The van der Waals surface area contributed by atoms with E-state index in [9.17, 15) is 0 Å². The van der Waals surface area contributed by atoms with Gasteiger partial charge in [-0.1, -0.05) is 15.9 Å². The number of nitrogen functional groups attached to an aromatic ring is 1. The van der Waals surface area contributed by atoms with Crippen molar-refractivity contribution in [1.29, 1.82) is 0 Å². The van der Waals surface area contributed by atoms with E-state index < -0.39 is 0 Å². The Morgan fingerprint density at radius 2 is 2.05 bits per heavy atom. The zero-order valence-corrected chi connectivity index (χ0v) is 12.6. The van der Waals surface area contributed by atoms with Gasteiger partial charge < -0.3 is 10.5 Å². The Morgan fingerprint density at radius 3 is 2.84 bits per heavy atom. The lowest BCUT2D eigenvalue weighted by atomic mass is 10.2. The SMILES string of the molecule is COc1ccc2nc(-c3cc(N)ccc3Br)sc2c1. The summed E-state index contributed by atoms with van der Waals surface area (Å²) in [7, 11) is 1.66. The van der Waals surface area contributed by atoms with Gasteiger partial charge in [0.25, 0.3) is 0 Å². The van der Waals surface area contributed by atoms with Gasteiger partial charge in [-0.15, -0.1) is 11.3 Å². The molecular formula is C14H11BrN2OS. The molecule has 3 nitrogen and oxygen atoms in total. The Morgan fingerprint density at radius 1 is 1.21 bits per heavy atom. The van der Waals surface area contributed by atoms with E-state index in [0.717, 1.165) is 36.7 Å². The van der Waals surface area contributed by atoms with Crippen LogP contribution in [-0.2, 0) is 0 Å². The van der Waals surface area contributed by atoms with Crippen LogP contribution in [0.4, 0.5) is 5.69 Å². The normalized spacial score (nSPS) is 10.8. The van der Waals surface area contributed by atoms with Crippen molar-refractivity contribution in [2.45, 2.75) is 0 Å². The van der Waals surface area contributed by atoms with Gasteiger partial charge in [-0.2, -0.15) is 0 Å². The number of ether oxygens (including phenoxy) is 1. The van der Waals surface area contributed by atoms with Crippen LogP contribution in [0.25, 0.3) is 20.8 Å². The lowest BCUT2D eigenvalue weighted by molar-refractivity contribution is 0.415. The second-order valence-corrected chi connectivity index (χ2v) is 5.98. The molecular weight excluding hydrogens is 324 g/mol. The predicted octanol–water partition coefficient (Wildman–Crippen LogP) is 4.32. The number of fused-ring (bicyclic) bond motifs is 1. The quantitative estimate of drug-likeness (QED) is 0.710. The molecule has 0 aliphatic heterocycles. The molecule has 19 heavy (non-hydrogen) atoms. The maximum absolute atomic E-state index is 5.84. The Labute approximate surface area is 123 Å². The first-order chi connectivity index (χ1) is 9.17. The lowest BCUT2D eigenvalue weighted by Crippen LogP contribution is -1.86. The molecule has 0 amide bonds. The van der Waals surface area contributed by atoms with Crippen LogP contribution in [0.15, 0.2) is 40.9 Å². The topological polar surface area (TPSA) is 48.1 Å². The molecule has 0 aliphatic rings. The molecule has 0 aliphatic carbocycles. The molecule has 1 heterocycles. The van der Waals surface area contributed by atoms with E-state index in [2.05, 4.69) is 20.9 Å². The molecule has 0 bridgehead atoms. The zero-order valence-electron chi connectivity index (χ0n) is 10.2. The number of benzene rings is 2. The number of thiazole rings is 1. The van der Waals surface area contributed by atoms with E-state index in [1.54, 1.807) is 18.4 Å². The molecule has 0 radical (unpaired) electrons. The van der Waals surface area contributed by atoms with Crippen molar-refractivity contribution >= 4 is 43.2 Å². The standard InChI is InChI=1S/C14H11BrN2OS/c1-18-9-3-5-12-13(7-9)19-14(17-12)10-6-8(16)2-4-11(10)15/h2-7H,16H2,1H3. The highest BCUT2D eigenvalue weighted by Gasteiger charge is 2.10. The van der Waals surface area contributed by atoms with E-state index in [-0.39, 0.29) is 0 Å². The van der Waals surface area contributed by atoms with Crippen molar-refractivity contribution in [2.75, 3.05) is 12.8 Å². The van der Waals surface area contributed by atoms with Crippen molar-refractivity contribution < 1.29 is 4.74 Å². The molecule has 0 spiro atoms. The van der Waals surface area contributed by atoms with Gasteiger partial charge in [-0.25, -0.2) is 4.98 Å². The van der Waals surface area contributed by atoms with Crippen molar-refractivity contribution in [3.8, 4) is 16.3 Å². The number of rotatable bonds is 2. The molecule has 0 saturated heterocycles. The summed E-state index contributed by atoms with van der Waals surface area (Å²) in [5, 5.41) is 0.947. The lowest BCUT2D eigenvalue weighted by Gasteiger charge is -2.01. The van der Waals surface area contributed by atoms with Crippen LogP contribution >= 0.6 is 27.3 Å². The summed E-state index contributed by atoms with van der Waals surface area (Å²) in [5.41, 5.74) is 8.55. The molecule has 3 rings (SSSR count). The van der Waals surface area contributed by atoms with Gasteiger partial charge in [0, 0.05) is 15.7 Å². The fourth-order valence-electron chi connectivity index (χ4n) is 1.85. The van der Waals surface area contributed by atoms with Gasteiger partial charge in [0.1, 0.15) is 10.8 Å². The average molecular weight is 335 g/mol. The van der Waals surface area contributed by atoms with E-state index in [4.69, 9.17) is 10.5 Å². The fourth-order valence-corrected chi connectivity index (χ4v) is 3.44. The summed E-state index contributed by atoms with van der Waals surface area (Å²) in [6.07, 6.45) is 0. The van der Waals surface area contributed by atoms with E-state index in [1.807, 2.05) is 36.4 Å². The number of hydrogen-bond donors (Lipinski definition) is 1. The Balaban J connectivity index is 2.17. The predicted molar refractivity (Wildman–Crippen MR) is 83.7 cm³/mol. The Kier molecular flexibility index (Phi) is 3.16. The van der Waals surface area contributed by atoms with Gasteiger partial charge >= 0.3 is 0 Å². The minimum absolute atomic E-state index is 0.732. The molecule has 96 valence electrons. The van der Waals surface area contributed by atoms with Crippen LogP contribution in [0.2, 0.25) is 0 Å². The van der Waals surface area contributed by atoms with Gasteiger partial charge in [0.15, 0.2) is 0 Å². The van der Waals surface area contributed by atoms with E-state index in [0.29, 0.717) is 0 Å². The molecule has 0 atom stereocenters. The van der Waals surface area contributed by atoms with Gasteiger partial charge in [0.05, 0.1) is 17.3 Å². The maximum Gasteiger partial charge on any atom is 0.125 e. The molecule has 0 saturated carbocycles. The highest BCUT2D eigenvalue weighted by molar-refractivity contribution is 9.10. The third-order valence-corrected chi connectivity index (χ3v) is 4.56. The smallest absolute Gasteiger partial charge is 0.125 e. The highest BCUT2D eigenvalue weighted by atomic mass is 79.9. The first-order valence-corrected chi connectivity index (χ1v) is 7.28. The first kappa shape index (κ1) is 12.4. The van der Waals surface area contributed by atoms with Crippen LogP contribution in [0.5, 0.6) is 5.75 Å². The first-order valence-electron chi connectivity index (χ1n) is 5.67. The minimum atomic E-state index is 0.732. The van der Waals surface area contributed by atoms with Crippen LogP contribution in [0, 0.1) is 0 Å². The summed E-state index contributed by atoms with van der Waals surface area (Å²) in [5.74, 6) is 0.842. The molecule has 5 heteroatoms. The number of hydrogen-bond acceptors (Lipinski definition) is 4. The monoisotopic (exact) mass is 334 g/mol. The molecule has 1 aromatic heterocycles. The summed E-state index contributed by atoms with van der Waals surface area (Å²) in [6.45, 7) is 0. The second kappa shape index (κ2) is 4.83. The molecule has 3 aromatic rings. The Hall–Kier alpha value is -1.59. The molecule has 2 N–H and O–H groups in total. The molecule has 2 aromatic carbocycles. The maximum atomic E-state index is 5.84. The van der Waals surface area contributed by atoms with Crippen LogP contribution in [0.3, 0.4) is 0 Å². The van der Waals surface area contributed by atoms with Crippen LogP contribution < -0.4 is 10.5 Å². The van der Waals surface area contributed by atoms with Gasteiger partial charge in [0.2, 0.25) is 0 Å². The Bertz CT molecular complexity index is 754. The van der Waals surface area contributed by atoms with E-state index >= 15 is 0 Å². The number of nitrogens with two attached hydrogens (primary N) is 1. The number of anilines is 1. The fraction of sp³-hybridized carbons (Fsp3) is 0.0714. The zero-order chi connectivity index (χ0) is 13.4. The van der Waals surface area contributed by atoms with Crippen molar-refractivity contribution in [3.63, 3.8) is 0 Å². The summed E-state index contributed by atoms with van der Waals surface area (Å²) in [4.78, 5) is 4.64. The third kappa shape index (κ3) is 2.31. The van der Waals surface area contributed by atoms with Crippen molar-refractivity contribution in [3.05, 3.63) is 40.9 Å². The second-order valence-electron chi connectivity index (χ2n) is 4.09. The molecule has 0 unspecified atom stereocenters. The van der Waals surface area contributed by atoms with Crippen molar-refractivity contribution in [2.24, 2.45) is 0 Å². The van der Waals surface area contributed by atoms with Gasteiger partial charge in [-0.3, -0.25) is 0 Å². The van der Waals surface area contributed by atoms with E-state index in [1.165, 1.54) is 0 Å². The highest BCUT2D eigenvalue weighted by Crippen LogP contribution is 2.36. The minimum Gasteiger partial charge on any atom is -0.497 e. The number of methoxy groups -OCH3 is 1. The number of nitrogens with zero attached hydrogens (tertiary/aromatic N) is 1. The average Bonchev–Trinajstić information content (AvgIpc) is 2.83. The summed E-state index contributed by atoms with van der Waals surface area (Å²) >= 11 is 5.17. The molecule has 0 fully saturated rings. The van der Waals surface area contributed by atoms with Crippen molar-refractivity contribution in [1.82, 2.24) is 4.98 Å². The largest absolute Gasteiger partial charge is 0.497 e. The van der Waals surface area contributed by atoms with Crippen LogP contribution in [0.1, 0.15) is 0 Å². The van der Waals surface area contributed by atoms with Crippen LogP contribution in [-0.4, -0.2) is 12.1 Å². The summed E-state index contributed by atoms with van der Waals surface area (Å²) < 4.78 is 7.32. The van der Waals surface area contributed by atoms with Gasteiger partial charge in [-0.05, 0) is 36.4 Å².